The van der Waals surface area contributed by atoms with Crippen molar-refractivity contribution in [3.8, 4) is 0 Å². The zero-order chi connectivity index (χ0) is 8.10. The summed E-state index contributed by atoms with van der Waals surface area (Å²) in [6, 6.07) is 0.458. The molecule has 3 nitrogen and oxygen atoms in total. The van der Waals surface area contributed by atoms with Gasteiger partial charge in [0, 0.05) is 6.04 Å². The molecule has 1 aliphatic rings. The van der Waals surface area contributed by atoms with E-state index >= 15 is 0 Å². The number of rotatable bonds is 3. The van der Waals surface area contributed by atoms with Gasteiger partial charge in [0.05, 0.1) is 6.54 Å². The van der Waals surface area contributed by atoms with Crippen LogP contribution in [0.1, 0.15) is 39.5 Å². The lowest BCUT2D eigenvalue weighted by Gasteiger charge is -2.21. The van der Waals surface area contributed by atoms with E-state index in [2.05, 4.69) is 5.32 Å². The van der Waals surface area contributed by atoms with Crippen molar-refractivity contribution >= 4 is 5.97 Å². The molecule has 72 valence electrons. The van der Waals surface area contributed by atoms with Gasteiger partial charge >= 0.3 is 5.97 Å². The first-order valence-corrected chi connectivity index (χ1v) is 4.24. The van der Waals surface area contributed by atoms with Gasteiger partial charge in [-0.15, -0.1) is 0 Å². The van der Waals surface area contributed by atoms with Crippen LogP contribution >= 0.6 is 0 Å². The molecule has 0 aromatic rings. The van der Waals surface area contributed by atoms with Crippen LogP contribution in [0.3, 0.4) is 0 Å². The Hall–Kier alpha value is -0.570. The Kier molecular flexibility index (Phi) is 5.72. The molecule has 0 atom stereocenters. The number of carbonyl (C=O) groups is 1. The fourth-order valence-corrected chi connectivity index (χ4v) is 1.54. The minimum atomic E-state index is -0.754. The Morgan fingerprint density at radius 1 is 1.33 bits per heavy atom. The van der Waals surface area contributed by atoms with Crippen molar-refractivity contribution in [3.05, 3.63) is 0 Å². The molecule has 0 amide bonds. The molecule has 0 saturated heterocycles. The molecular weight excluding hydrogens is 154 g/mol. The molecule has 0 unspecified atom stereocenters. The number of hydrogen-bond acceptors (Lipinski definition) is 2. The smallest absolute Gasteiger partial charge is 0.317 e. The van der Waals surface area contributed by atoms with E-state index in [0.29, 0.717) is 6.04 Å². The molecule has 1 rings (SSSR count). The summed E-state index contributed by atoms with van der Waals surface area (Å²) >= 11 is 0. The molecule has 0 aromatic heterocycles. The third kappa shape index (κ3) is 4.34. The van der Waals surface area contributed by atoms with Crippen LogP contribution in [0.2, 0.25) is 0 Å². The van der Waals surface area contributed by atoms with Gasteiger partial charge in [0.25, 0.3) is 0 Å². The first kappa shape index (κ1) is 11.4. The van der Waals surface area contributed by atoms with Gasteiger partial charge in [-0.2, -0.15) is 0 Å². The monoisotopic (exact) mass is 173 g/mol. The fraction of sp³-hybridized carbons (Fsp3) is 0.889. The Morgan fingerprint density at radius 3 is 2.42 bits per heavy atom. The van der Waals surface area contributed by atoms with Crippen LogP contribution in [0, 0.1) is 0 Å². The highest BCUT2D eigenvalue weighted by molar-refractivity contribution is 5.69. The number of aliphatic carboxylic acids is 1. The maximum Gasteiger partial charge on any atom is 0.317 e. The molecule has 1 fully saturated rings. The molecule has 0 spiro atoms. The highest BCUT2D eigenvalue weighted by Gasteiger charge is 2.12. The number of hydrogen-bond donors (Lipinski definition) is 2. The highest BCUT2D eigenvalue weighted by Crippen LogP contribution is 2.16. The summed E-state index contributed by atoms with van der Waals surface area (Å²) in [5, 5.41) is 11.4. The molecular formula is C9H19NO2. The predicted molar refractivity (Wildman–Crippen MR) is 49.2 cm³/mol. The fourth-order valence-electron chi connectivity index (χ4n) is 1.54. The molecule has 0 bridgehead atoms. The van der Waals surface area contributed by atoms with E-state index in [0.717, 1.165) is 12.8 Å². The lowest BCUT2D eigenvalue weighted by Crippen LogP contribution is -2.34. The number of nitrogens with one attached hydrogen (secondary N) is 1. The lowest BCUT2D eigenvalue weighted by molar-refractivity contribution is -0.136. The highest BCUT2D eigenvalue weighted by atomic mass is 16.4. The molecule has 1 saturated carbocycles. The number of carboxylic acids is 1. The van der Waals surface area contributed by atoms with Crippen LogP contribution in [0.15, 0.2) is 0 Å². The molecule has 1 aliphatic carbocycles. The van der Waals surface area contributed by atoms with E-state index in [9.17, 15) is 4.79 Å². The summed E-state index contributed by atoms with van der Waals surface area (Å²) in [5.74, 6) is -0.754. The van der Waals surface area contributed by atoms with Crippen molar-refractivity contribution in [2.24, 2.45) is 0 Å². The van der Waals surface area contributed by atoms with Crippen LogP contribution < -0.4 is 5.32 Å². The topological polar surface area (TPSA) is 49.3 Å². The van der Waals surface area contributed by atoms with Crippen LogP contribution in [0.4, 0.5) is 0 Å². The summed E-state index contributed by atoms with van der Waals surface area (Å²) in [6.07, 6.45) is 6.10. The molecule has 0 heterocycles. The predicted octanol–water partition coefficient (Wildman–Crippen LogP) is 1.63. The minimum absolute atomic E-state index is 0. The summed E-state index contributed by atoms with van der Waals surface area (Å²) in [5.41, 5.74) is 0. The lowest BCUT2D eigenvalue weighted by atomic mass is 9.96. The van der Waals surface area contributed by atoms with Crippen molar-refractivity contribution in [2.45, 2.75) is 45.6 Å². The van der Waals surface area contributed by atoms with Crippen LogP contribution in [0.5, 0.6) is 0 Å². The number of carboxylic acid groups (broad SMARTS) is 1. The van der Waals surface area contributed by atoms with Crippen molar-refractivity contribution < 1.29 is 9.90 Å². The van der Waals surface area contributed by atoms with E-state index in [1.165, 1.54) is 19.3 Å². The minimum Gasteiger partial charge on any atom is -0.480 e. The zero-order valence-electron chi connectivity index (χ0n) is 6.68. The van der Waals surface area contributed by atoms with Crippen molar-refractivity contribution in [3.63, 3.8) is 0 Å². The van der Waals surface area contributed by atoms with Crippen molar-refractivity contribution in [2.75, 3.05) is 6.54 Å². The van der Waals surface area contributed by atoms with Crippen LogP contribution in [0.25, 0.3) is 0 Å². The Bertz CT molecular complexity index is 130. The van der Waals surface area contributed by atoms with Gasteiger partial charge in [-0.05, 0) is 12.8 Å². The van der Waals surface area contributed by atoms with Gasteiger partial charge in [-0.1, -0.05) is 26.7 Å². The first-order chi connectivity index (χ1) is 5.29. The summed E-state index contributed by atoms with van der Waals surface area (Å²) in [4.78, 5) is 10.2. The summed E-state index contributed by atoms with van der Waals surface area (Å²) < 4.78 is 0. The second-order valence-corrected chi connectivity index (χ2v) is 3.11. The van der Waals surface area contributed by atoms with Gasteiger partial charge in [0.1, 0.15) is 0 Å². The second kappa shape index (κ2) is 6.00. The van der Waals surface area contributed by atoms with Crippen molar-refractivity contribution in [1.82, 2.24) is 5.32 Å². The largest absolute Gasteiger partial charge is 0.480 e. The van der Waals surface area contributed by atoms with E-state index in [-0.39, 0.29) is 14.0 Å². The van der Waals surface area contributed by atoms with E-state index in [1.807, 2.05) is 0 Å². The van der Waals surface area contributed by atoms with Gasteiger partial charge in [-0.3, -0.25) is 4.79 Å². The third-order valence-electron chi connectivity index (χ3n) is 2.15. The summed E-state index contributed by atoms with van der Waals surface area (Å²) in [6.45, 7) is 0.116. The maximum absolute atomic E-state index is 10.2. The maximum atomic E-state index is 10.2. The Balaban J connectivity index is 0.00000121. The zero-order valence-corrected chi connectivity index (χ0v) is 6.68. The van der Waals surface area contributed by atoms with Crippen LogP contribution in [-0.4, -0.2) is 23.7 Å². The average Bonchev–Trinajstić information content (AvgIpc) is 2.03. The molecule has 0 aliphatic heterocycles. The molecule has 0 aromatic carbocycles. The van der Waals surface area contributed by atoms with E-state index in [1.54, 1.807) is 0 Å². The molecule has 2 N–H and O–H groups in total. The first-order valence-electron chi connectivity index (χ1n) is 4.24. The quantitative estimate of drug-likeness (QED) is 0.682. The van der Waals surface area contributed by atoms with Gasteiger partial charge in [-0.25, -0.2) is 0 Å². The molecule has 3 heteroatoms. The van der Waals surface area contributed by atoms with Gasteiger partial charge in [0.15, 0.2) is 0 Å². The van der Waals surface area contributed by atoms with Gasteiger partial charge < -0.3 is 10.4 Å². The average molecular weight is 173 g/mol. The Morgan fingerprint density at radius 2 is 1.92 bits per heavy atom. The standard InChI is InChI=1S/C8H15NO2.CH4/c10-8(11)6-9-7-4-2-1-3-5-7;/h7,9H,1-6H2,(H,10,11);1H4. The van der Waals surface area contributed by atoms with E-state index < -0.39 is 5.97 Å². The Labute approximate surface area is 74.2 Å². The SMILES string of the molecule is C.O=C(O)CNC1CCCCC1. The van der Waals surface area contributed by atoms with Crippen molar-refractivity contribution in [1.29, 1.82) is 0 Å². The molecule has 12 heavy (non-hydrogen) atoms. The van der Waals surface area contributed by atoms with Crippen LogP contribution in [-0.2, 0) is 4.79 Å². The normalized spacial score (nSPS) is 18.3. The second-order valence-electron chi connectivity index (χ2n) is 3.11. The third-order valence-corrected chi connectivity index (χ3v) is 2.15. The molecule has 0 radical (unpaired) electrons. The summed E-state index contributed by atoms with van der Waals surface area (Å²) in [7, 11) is 0. The van der Waals surface area contributed by atoms with E-state index in [4.69, 9.17) is 5.11 Å². The van der Waals surface area contributed by atoms with Gasteiger partial charge in [0.2, 0.25) is 0 Å².